The Labute approximate surface area is 85.8 Å². The normalized spacial score (nSPS) is 10.0. The smallest absolute Gasteiger partial charge is 0.254 e. The van der Waals surface area contributed by atoms with E-state index >= 15 is 0 Å². The highest BCUT2D eigenvalue weighted by atomic mass is 16.3. The number of rotatable bonds is 3. The van der Waals surface area contributed by atoms with E-state index in [0.29, 0.717) is 0 Å². The number of nitrogens with zero attached hydrogens (tertiary/aromatic N) is 1. The van der Waals surface area contributed by atoms with Gasteiger partial charge in [0.15, 0.2) is 5.88 Å². The minimum absolute atomic E-state index is 0.0900. The van der Waals surface area contributed by atoms with Crippen LogP contribution in [-0.4, -0.2) is 46.2 Å². The summed E-state index contributed by atoms with van der Waals surface area (Å²) in [4.78, 5) is 25.9. The molecule has 0 spiro atoms. The molecule has 0 aliphatic carbocycles. The highest BCUT2D eigenvalue weighted by Crippen LogP contribution is 2.06. The van der Waals surface area contributed by atoms with Crippen molar-refractivity contribution in [3.8, 4) is 5.88 Å². The zero-order valence-electron chi connectivity index (χ0n) is 8.23. The number of hydrogen-bond donors (Lipinski definition) is 3. The summed E-state index contributed by atoms with van der Waals surface area (Å²) >= 11 is 0. The molecule has 0 unspecified atom stereocenters. The first kappa shape index (κ1) is 11.3. The molecule has 15 heavy (non-hydrogen) atoms. The van der Waals surface area contributed by atoms with Crippen LogP contribution < -0.4 is 5.56 Å². The first-order valence-corrected chi connectivity index (χ1v) is 4.34. The third-order valence-electron chi connectivity index (χ3n) is 1.86. The quantitative estimate of drug-likeness (QED) is 0.608. The lowest BCUT2D eigenvalue weighted by Crippen LogP contribution is -2.30. The number of aliphatic hydroxyl groups excluding tert-OH is 1. The summed E-state index contributed by atoms with van der Waals surface area (Å²) in [5.41, 5.74) is -0.456. The average molecular weight is 212 g/mol. The molecule has 3 N–H and O–H groups in total. The number of pyridine rings is 1. The van der Waals surface area contributed by atoms with Gasteiger partial charge in [-0.15, -0.1) is 0 Å². The Kier molecular flexibility index (Phi) is 3.46. The molecule has 0 aliphatic rings. The van der Waals surface area contributed by atoms with E-state index in [4.69, 9.17) is 10.2 Å². The predicted molar refractivity (Wildman–Crippen MR) is 52.8 cm³/mol. The molecule has 1 heterocycles. The Hall–Kier alpha value is -1.82. The molecule has 0 radical (unpaired) electrons. The highest BCUT2D eigenvalue weighted by molar-refractivity contribution is 5.94. The van der Waals surface area contributed by atoms with Gasteiger partial charge in [0.2, 0.25) is 0 Å². The number of carbonyl (C=O) groups is 1. The number of aliphatic hydroxyl groups is 1. The van der Waals surface area contributed by atoms with Gasteiger partial charge < -0.3 is 15.1 Å². The van der Waals surface area contributed by atoms with Crippen LogP contribution in [0.3, 0.4) is 0 Å². The summed E-state index contributed by atoms with van der Waals surface area (Å²) in [6, 6.07) is 2.26. The van der Waals surface area contributed by atoms with Gasteiger partial charge in [-0.2, -0.15) is 0 Å². The molecule has 0 bridgehead atoms. The van der Waals surface area contributed by atoms with Crippen LogP contribution >= 0.6 is 0 Å². The Morgan fingerprint density at radius 1 is 1.53 bits per heavy atom. The van der Waals surface area contributed by atoms with Gasteiger partial charge in [0.05, 0.1) is 12.2 Å². The minimum atomic E-state index is -0.546. The zero-order chi connectivity index (χ0) is 11.4. The summed E-state index contributed by atoms with van der Waals surface area (Å²) in [7, 11) is 1.50. The van der Waals surface area contributed by atoms with Crippen LogP contribution in [0.1, 0.15) is 10.4 Å². The van der Waals surface area contributed by atoms with Crippen molar-refractivity contribution in [2.24, 2.45) is 0 Å². The second-order valence-electron chi connectivity index (χ2n) is 3.07. The zero-order valence-corrected chi connectivity index (χ0v) is 8.23. The third kappa shape index (κ3) is 2.81. The van der Waals surface area contributed by atoms with Gasteiger partial charge in [-0.25, -0.2) is 0 Å². The van der Waals surface area contributed by atoms with E-state index < -0.39 is 11.5 Å². The van der Waals surface area contributed by atoms with Crippen LogP contribution in [0.5, 0.6) is 5.88 Å². The van der Waals surface area contributed by atoms with Crippen LogP contribution in [0.25, 0.3) is 0 Å². The van der Waals surface area contributed by atoms with Crippen LogP contribution in [0.15, 0.2) is 16.9 Å². The number of aromatic nitrogens is 1. The van der Waals surface area contributed by atoms with E-state index in [1.165, 1.54) is 11.9 Å². The number of aromatic amines is 1. The fraction of sp³-hybridized carbons (Fsp3) is 0.333. The monoisotopic (exact) mass is 212 g/mol. The van der Waals surface area contributed by atoms with Gasteiger partial charge in [0.25, 0.3) is 11.5 Å². The van der Waals surface area contributed by atoms with E-state index in [1.54, 1.807) is 0 Å². The number of hydrogen-bond acceptors (Lipinski definition) is 4. The van der Waals surface area contributed by atoms with Crippen molar-refractivity contribution in [1.29, 1.82) is 0 Å². The molecule has 0 atom stereocenters. The fourth-order valence-corrected chi connectivity index (χ4v) is 1.12. The molecule has 0 aliphatic heterocycles. The number of carbonyl (C=O) groups excluding carboxylic acids is 1. The SMILES string of the molecule is CN(CCO)C(=O)c1cc(O)[nH]c(=O)c1. The molecule has 0 fully saturated rings. The number of nitrogens with one attached hydrogen (secondary N) is 1. The molecule has 1 aromatic rings. The van der Waals surface area contributed by atoms with E-state index in [-0.39, 0.29) is 24.6 Å². The number of likely N-dealkylation sites (N-methyl/N-ethyl adjacent to an activating group) is 1. The molecule has 82 valence electrons. The lowest BCUT2D eigenvalue weighted by Gasteiger charge is -2.15. The summed E-state index contributed by atoms with van der Waals surface area (Å²) in [5.74, 6) is -0.784. The van der Waals surface area contributed by atoms with Crippen LogP contribution in [0, 0.1) is 0 Å². The average Bonchev–Trinajstić information content (AvgIpc) is 2.15. The molecule has 1 aromatic heterocycles. The van der Waals surface area contributed by atoms with E-state index in [2.05, 4.69) is 4.98 Å². The lowest BCUT2D eigenvalue weighted by atomic mass is 10.2. The van der Waals surface area contributed by atoms with Gasteiger partial charge in [0.1, 0.15) is 0 Å². The second kappa shape index (κ2) is 4.61. The van der Waals surface area contributed by atoms with Gasteiger partial charge in [0, 0.05) is 25.7 Å². The molecule has 0 saturated heterocycles. The van der Waals surface area contributed by atoms with Gasteiger partial charge in [-0.3, -0.25) is 14.6 Å². The highest BCUT2D eigenvalue weighted by Gasteiger charge is 2.12. The number of H-pyrrole nitrogens is 1. The van der Waals surface area contributed by atoms with Crippen molar-refractivity contribution >= 4 is 5.91 Å². The summed E-state index contributed by atoms with van der Waals surface area (Å²) in [6.07, 6.45) is 0. The molecule has 1 amide bonds. The summed E-state index contributed by atoms with van der Waals surface area (Å²) < 4.78 is 0. The first-order chi connectivity index (χ1) is 7.04. The van der Waals surface area contributed by atoms with Gasteiger partial charge >= 0.3 is 0 Å². The summed E-state index contributed by atoms with van der Waals surface area (Å²) in [6.45, 7) is 0.0177. The topological polar surface area (TPSA) is 93.6 Å². The maximum absolute atomic E-state index is 11.6. The Bertz CT molecular complexity index is 413. The van der Waals surface area contributed by atoms with Crippen LogP contribution in [0.4, 0.5) is 0 Å². The van der Waals surface area contributed by atoms with Crippen molar-refractivity contribution in [2.45, 2.75) is 0 Å². The maximum Gasteiger partial charge on any atom is 0.254 e. The van der Waals surface area contributed by atoms with Crippen molar-refractivity contribution in [2.75, 3.05) is 20.2 Å². The van der Waals surface area contributed by atoms with E-state index in [0.717, 1.165) is 12.1 Å². The van der Waals surface area contributed by atoms with Crippen molar-refractivity contribution in [1.82, 2.24) is 9.88 Å². The molecule has 6 heteroatoms. The van der Waals surface area contributed by atoms with E-state index in [9.17, 15) is 9.59 Å². The van der Waals surface area contributed by atoms with Crippen molar-refractivity contribution in [3.05, 3.63) is 28.0 Å². The van der Waals surface area contributed by atoms with Crippen molar-refractivity contribution in [3.63, 3.8) is 0 Å². The largest absolute Gasteiger partial charge is 0.494 e. The van der Waals surface area contributed by atoms with Crippen LogP contribution in [-0.2, 0) is 0 Å². The van der Waals surface area contributed by atoms with Gasteiger partial charge in [-0.05, 0) is 0 Å². The Morgan fingerprint density at radius 3 is 2.73 bits per heavy atom. The number of amides is 1. The predicted octanol–water partition coefficient (Wildman–Crippen LogP) is -0.855. The fourth-order valence-electron chi connectivity index (χ4n) is 1.12. The number of aromatic hydroxyl groups is 1. The van der Waals surface area contributed by atoms with Gasteiger partial charge in [-0.1, -0.05) is 0 Å². The first-order valence-electron chi connectivity index (χ1n) is 4.34. The molecule has 1 rings (SSSR count). The Balaban J connectivity index is 2.96. The maximum atomic E-state index is 11.6. The minimum Gasteiger partial charge on any atom is -0.494 e. The third-order valence-corrected chi connectivity index (χ3v) is 1.86. The van der Waals surface area contributed by atoms with Crippen molar-refractivity contribution < 1.29 is 15.0 Å². The molecule has 0 aromatic carbocycles. The van der Waals surface area contributed by atoms with Crippen LogP contribution in [0.2, 0.25) is 0 Å². The standard InChI is InChI=1S/C9H12N2O4/c1-11(2-3-12)9(15)6-4-7(13)10-8(14)5-6/h4-5,12H,2-3H2,1H3,(H2,10,13,14). The molecule has 0 saturated carbocycles. The molecular weight excluding hydrogens is 200 g/mol. The Morgan fingerprint density at radius 2 is 2.20 bits per heavy atom. The molecular formula is C9H12N2O4. The molecule has 6 nitrogen and oxygen atoms in total. The summed E-state index contributed by atoms with van der Waals surface area (Å²) in [5, 5.41) is 17.7. The van der Waals surface area contributed by atoms with E-state index in [1.807, 2.05) is 0 Å². The second-order valence-corrected chi connectivity index (χ2v) is 3.07. The lowest BCUT2D eigenvalue weighted by molar-refractivity contribution is 0.0766.